The van der Waals surface area contributed by atoms with Crippen LogP contribution in [0.2, 0.25) is 0 Å². The number of imidazole rings is 1. The lowest BCUT2D eigenvalue weighted by Gasteiger charge is -2.54. The average molecular weight is 618 g/mol. The number of likely N-dealkylation sites (tertiary alicyclic amines) is 2. The Morgan fingerprint density at radius 2 is 1.98 bits per heavy atom. The fraction of sp³-hybridized carbons (Fsp3) is 0.611. The van der Waals surface area contributed by atoms with Crippen molar-refractivity contribution in [2.45, 2.75) is 84.0 Å². The third-order valence-corrected chi connectivity index (χ3v) is 11.0. The maximum Gasteiger partial charge on any atom is 0.254 e. The molecule has 0 aliphatic carbocycles. The maximum atomic E-state index is 14.6. The van der Waals surface area contributed by atoms with Crippen LogP contribution in [-0.2, 0) is 9.47 Å². The molecule has 2 bridgehead atoms. The molecule has 4 aliphatic heterocycles. The Morgan fingerprint density at radius 3 is 2.62 bits per heavy atom. The minimum absolute atomic E-state index is 0.0125. The first-order chi connectivity index (χ1) is 21.6. The first-order valence-corrected chi connectivity index (χ1v) is 16.9. The topological polar surface area (TPSA) is 62.6 Å². The van der Waals surface area contributed by atoms with E-state index in [4.69, 9.17) is 9.47 Å². The predicted octanol–water partition coefficient (Wildman–Crippen LogP) is 5.38. The van der Waals surface area contributed by atoms with E-state index in [1.165, 1.54) is 37.0 Å². The summed E-state index contributed by atoms with van der Waals surface area (Å²) in [5.74, 6) is 0.716. The molecule has 3 atom stereocenters. The number of hydrogen-bond acceptors (Lipinski definition) is 6. The average Bonchev–Trinajstić information content (AvgIpc) is 3.71. The van der Waals surface area contributed by atoms with E-state index in [1.807, 2.05) is 33.9 Å². The van der Waals surface area contributed by atoms with Crippen molar-refractivity contribution in [1.82, 2.24) is 24.1 Å². The van der Waals surface area contributed by atoms with Crippen molar-refractivity contribution in [3.05, 3.63) is 59.4 Å². The Balaban J connectivity index is 1.14. The molecule has 242 valence electrons. The Hall–Kier alpha value is -2.85. The van der Waals surface area contributed by atoms with Gasteiger partial charge in [0.05, 0.1) is 43.2 Å². The fourth-order valence-electron chi connectivity index (χ4n) is 8.31. The van der Waals surface area contributed by atoms with Crippen LogP contribution in [0, 0.1) is 18.2 Å². The van der Waals surface area contributed by atoms with E-state index in [0.29, 0.717) is 36.2 Å². The van der Waals surface area contributed by atoms with E-state index in [1.54, 1.807) is 11.0 Å². The SMILES string of the molecule is CCN(C(=O)c1cc(F)ccc1-c1cc(C2CN(C(CCCN3C[C@H]4C[C@@H]3CO4)C3(C)COC3)C2)cn2c(C)ncc12)C(C)C. The van der Waals surface area contributed by atoms with Gasteiger partial charge in [0.25, 0.3) is 5.91 Å². The van der Waals surface area contributed by atoms with Crippen molar-refractivity contribution < 1.29 is 18.7 Å². The van der Waals surface area contributed by atoms with Crippen LogP contribution in [0.1, 0.15) is 74.6 Å². The second-order valence-corrected chi connectivity index (χ2v) is 14.4. The lowest BCUT2D eigenvalue weighted by molar-refractivity contribution is -0.157. The van der Waals surface area contributed by atoms with Crippen molar-refractivity contribution in [1.29, 1.82) is 0 Å². The van der Waals surface area contributed by atoms with Gasteiger partial charge in [-0.05, 0) is 82.8 Å². The van der Waals surface area contributed by atoms with E-state index < -0.39 is 5.82 Å². The number of pyridine rings is 1. The normalized spacial score (nSPS) is 23.9. The Kier molecular flexibility index (Phi) is 8.25. The number of aryl methyl sites for hydroxylation is 1. The first-order valence-electron chi connectivity index (χ1n) is 16.9. The monoisotopic (exact) mass is 617 g/mol. The molecule has 7 rings (SSSR count). The fourth-order valence-corrected chi connectivity index (χ4v) is 8.31. The minimum Gasteiger partial charge on any atom is -0.380 e. The summed E-state index contributed by atoms with van der Waals surface area (Å²) < 4.78 is 28.3. The molecule has 4 aliphatic rings. The summed E-state index contributed by atoms with van der Waals surface area (Å²) in [6, 6.07) is 7.97. The summed E-state index contributed by atoms with van der Waals surface area (Å²) >= 11 is 0. The molecule has 0 N–H and O–H groups in total. The highest BCUT2D eigenvalue weighted by Gasteiger charge is 2.47. The summed E-state index contributed by atoms with van der Waals surface area (Å²) in [4.78, 5) is 25.5. The Bertz CT molecular complexity index is 1560. The molecule has 3 aromatic rings. The van der Waals surface area contributed by atoms with Crippen LogP contribution >= 0.6 is 0 Å². The number of rotatable bonds is 11. The molecular formula is C36H48FN5O3. The van der Waals surface area contributed by atoms with E-state index >= 15 is 0 Å². The number of fused-ring (bicyclic) bond motifs is 3. The zero-order chi connectivity index (χ0) is 31.5. The van der Waals surface area contributed by atoms with Crippen molar-refractivity contribution in [2.24, 2.45) is 5.41 Å². The third kappa shape index (κ3) is 5.60. The maximum absolute atomic E-state index is 14.6. The zero-order valence-electron chi connectivity index (χ0n) is 27.5. The molecule has 1 aromatic carbocycles. The number of benzene rings is 1. The number of aromatic nitrogens is 2. The first kappa shape index (κ1) is 30.8. The van der Waals surface area contributed by atoms with Gasteiger partial charge in [0.15, 0.2) is 0 Å². The van der Waals surface area contributed by atoms with Crippen LogP contribution in [0.25, 0.3) is 16.6 Å². The standard InChI is InChI=1S/C36H48FN5O3/c1-6-41(23(2)3)35(43)32-13-27(37)9-10-30(32)31-12-25(18-42-24(4)38-15-33(31)42)26-16-40(17-26)34(36(5)21-44-22-36)8-7-11-39-19-29-14-28(39)20-45-29/h9-10,12-13,15,18,23,26,28-29,34H,6-8,11,14,16-17,19-22H2,1-5H3/t28-,29-,34?/m1/s1. The number of amides is 1. The molecule has 45 heavy (non-hydrogen) atoms. The molecular weight excluding hydrogens is 569 g/mol. The Labute approximate surface area is 266 Å². The molecule has 0 spiro atoms. The predicted molar refractivity (Wildman–Crippen MR) is 173 cm³/mol. The van der Waals surface area contributed by atoms with Gasteiger partial charge in [-0.25, -0.2) is 9.37 Å². The van der Waals surface area contributed by atoms with Crippen molar-refractivity contribution in [3.63, 3.8) is 0 Å². The van der Waals surface area contributed by atoms with Crippen LogP contribution in [0.3, 0.4) is 0 Å². The van der Waals surface area contributed by atoms with Gasteiger partial charge in [0.1, 0.15) is 11.6 Å². The highest BCUT2D eigenvalue weighted by molar-refractivity contribution is 6.03. The minimum atomic E-state index is -0.404. The van der Waals surface area contributed by atoms with Gasteiger partial charge in [-0.3, -0.25) is 14.6 Å². The van der Waals surface area contributed by atoms with Crippen molar-refractivity contribution >= 4 is 11.4 Å². The number of carbonyl (C=O) groups excluding carboxylic acids is 1. The molecule has 0 radical (unpaired) electrons. The molecule has 0 saturated carbocycles. The molecule has 1 amide bonds. The number of halogens is 1. The van der Waals surface area contributed by atoms with Crippen LogP contribution < -0.4 is 0 Å². The molecule has 9 heteroatoms. The summed E-state index contributed by atoms with van der Waals surface area (Å²) in [5.41, 5.74) is 4.43. The zero-order valence-corrected chi connectivity index (χ0v) is 27.5. The van der Waals surface area contributed by atoms with Gasteiger partial charge in [-0.15, -0.1) is 0 Å². The number of nitrogens with zero attached hydrogens (tertiary/aromatic N) is 5. The second kappa shape index (κ2) is 12.1. The van der Waals surface area contributed by atoms with Crippen LogP contribution in [0.4, 0.5) is 4.39 Å². The summed E-state index contributed by atoms with van der Waals surface area (Å²) in [6.07, 6.45) is 8.11. The summed E-state index contributed by atoms with van der Waals surface area (Å²) in [7, 11) is 0. The van der Waals surface area contributed by atoms with Gasteiger partial charge >= 0.3 is 0 Å². The molecule has 6 heterocycles. The molecule has 4 saturated heterocycles. The van der Waals surface area contributed by atoms with Crippen molar-refractivity contribution in [3.8, 4) is 11.1 Å². The number of ether oxygens (including phenoxy) is 2. The van der Waals surface area contributed by atoms with Gasteiger partial charge in [-0.2, -0.15) is 0 Å². The lowest BCUT2D eigenvalue weighted by atomic mass is 9.74. The van der Waals surface area contributed by atoms with E-state index in [9.17, 15) is 9.18 Å². The molecule has 1 unspecified atom stereocenters. The highest BCUT2D eigenvalue weighted by Crippen LogP contribution is 2.42. The largest absolute Gasteiger partial charge is 0.380 e. The second-order valence-electron chi connectivity index (χ2n) is 14.4. The smallest absolute Gasteiger partial charge is 0.254 e. The van der Waals surface area contributed by atoms with Crippen LogP contribution in [0.5, 0.6) is 0 Å². The van der Waals surface area contributed by atoms with Crippen molar-refractivity contribution in [2.75, 3.05) is 52.5 Å². The third-order valence-electron chi connectivity index (χ3n) is 11.0. The summed E-state index contributed by atoms with van der Waals surface area (Å²) in [6.45, 7) is 17.7. The Morgan fingerprint density at radius 1 is 1.18 bits per heavy atom. The van der Waals surface area contributed by atoms with Gasteiger partial charge in [0.2, 0.25) is 0 Å². The van der Waals surface area contributed by atoms with Gasteiger partial charge in [0, 0.05) is 67.4 Å². The number of hydrogen-bond donors (Lipinski definition) is 0. The number of carbonyl (C=O) groups is 1. The van der Waals surface area contributed by atoms with Crippen LogP contribution in [-0.4, -0.2) is 107 Å². The van der Waals surface area contributed by atoms with E-state index in [0.717, 1.165) is 68.5 Å². The lowest BCUT2D eigenvalue weighted by Crippen LogP contribution is -2.62. The molecule has 2 aromatic heterocycles. The molecule has 8 nitrogen and oxygen atoms in total. The van der Waals surface area contributed by atoms with Crippen LogP contribution in [0.15, 0.2) is 36.7 Å². The van der Waals surface area contributed by atoms with Gasteiger partial charge in [-0.1, -0.05) is 13.0 Å². The number of morpholine rings is 1. The van der Waals surface area contributed by atoms with E-state index in [-0.39, 0.29) is 17.4 Å². The molecule has 4 fully saturated rings. The van der Waals surface area contributed by atoms with Gasteiger partial charge < -0.3 is 18.8 Å². The highest BCUT2D eigenvalue weighted by atomic mass is 19.1. The summed E-state index contributed by atoms with van der Waals surface area (Å²) in [5, 5.41) is 0. The quantitative estimate of drug-likeness (QED) is 0.288. The van der Waals surface area contributed by atoms with E-state index in [2.05, 4.69) is 38.4 Å².